The van der Waals surface area contributed by atoms with Gasteiger partial charge in [0, 0.05) is 11.9 Å². The molecule has 0 aromatic heterocycles. The van der Waals surface area contributed by atoms with Gasteiger partial charge in [-0.1, -0.05) is 17.7 Å². The fourth-order valence-electron chi connectivity index (χ4n) is 1.61. The Hall–Kier alpha value is -3.24. The first-order valence-electron chi connectivity index (χ1n) is 6.33. The van der Waals surface area contributed by atoms with Crippen molar-refractivity contribution in [3.05, 3.63) is 65.9 Å². The van der Waals surface area contributed by atoms with Crippen LogP contribution < -0.4 is 10.1 Å². The SMILES string of the molecule is Cc1ccc(Oc2ccc(NC=C(C#N)C#N)cc2)cc1. The number of benzene rings is 2. The van der Waals surface area contributed by atoms with Gasteiger partial charge in [0.05, 0.1) is 0 Å². The summed E-state index contributed by atoms with van der Waals surface area (Å²) >= 11 is 0. The topological polar surface area (TPSA) is 68.8 Å². The third-order valence-electron chi connectivity index (χ3n) is 2.74. The molecule has 0 aliphatic rings. The highest BCUT2D eigenvalue weighted by atomic mass is 16.5. The summed E-state index contributed by atoms with van der Waals surface area (Å²) in [7, 11) is 0. The standard InChI is InChI=1S/C17H13N3O/c1-13-2-6-16(7-3-13)21-17-8-4-15(5-9-17)20-12-14(10-18)11-19/h2-9,12,20H,1H3. The molecule has 0 saturated heterocycles. The fraction of sp³-hybridized carbons (Fsp3) is 0.0588. The highest BCUT2D eigenvalue weighted by Crippen LogP contribution is 2.23. The van der Waals surface area contributed by atoms with E-state index >= 15 is 0 Å². The van der Waals surface area contributed by atoms with Crippen LogP contribution in [-0.2, 0) is 0 Å². The minimum absolute atomic E-state index is 0.0231. The molecule has 0 aliphatic heterocycles. The molecule has 102 valence electrons. The first-order valence-corrected chi connectivity index (χ1v) is 6.33. The van der Waals surface area contributed by atoms with Crippen LogP contribution >= 0.6 is 0 Å². The smallest absolute Gasteiger partial charge is 0.145 e. The highest BCUT2D eigenvalue weighted by molar-refractivity contribution is 5.51. The Labute approximate surface area is 123 Å². The Balaban J connectivity index is 2.03. The molecule has 0 spiro atoms. The lowest BCUT2D eigenvalue weighted by Gasteiger charge is -2.07. The molecule has 0 aliphatic carbocycles. The van der Waals surface area contributed by atoms with E-state index in [-0.39, 0.29) is 5.57 Å². The normalized spacial score (nSPS) is 9.10. The molecule has 0 heterocycles. The lowest BCUT2D eigenvalue weighted by molar-refractivity contribution is 0.482. The lowest BCUT2D eigenvalue weighted by Crippen LogP contribution is -1.90. The number of ether oxygens (including phenoxy) is 1. The molecule has 2 aromatic carbocycles. The van der Waals surface area contributed by atoms with Crippen LogP contribution in [0.5, 0.6) is 11.5 Å². The molecule has 0 unspecified atom stereocenters. The van der Waals surface area contributed by atoms with Crippen molar-refractivity contribution >= 4 is 5.69 Å². The van der Waals surface area contributed by atoms with Gasteiger partial charge in [-0.05, 0) is 43.3 Å². The van der Waals surface area contributed by atoms with Crippen molar-refractivity contribution in [3.63, 3.8) is 0 Å². The predicted octanol–water partition coefficient (Wildman–Crippen LogP) is 4.13. The molecular weight excluding hydrogens is 262 g/mol. The van der Waals surface area contributed by atoms with E-state index in [0.717, 1.165) is 11.4 Å². The molecule has 0 radical (unpaired) electrons. The van der Waals surface area contributed by atoms with Gasteiger partial charge in [-0.25, -0.2) is 0 Å². The van der Waals surface area contributed by atoms with Gasteiger partial charge in [-0.2, -0.15) is 10.5 Å². The maximum absolute atomic E-state index is 8.63. The van der Waals surface area contributed by atoms with Crippen molar-refractivity contribution in [1.29, 1.82) is 10.5 Å². The zero-order chi connectivity index (χ0) is 15.1. The number of aryl methyl sites for hydroxylation is 1. The van der Waals surface area contributed by atoms with Crippen LogP contribution in [0.3, 0.4) is 0 Å². The maximum atomic E-state index is 8.63. The third kappa shape index (κ3) is 4.12. The molecule has 0 fully saturated rings. The molecule has 4 nitrogen and oxygen atoms in total. The van der Waals surface area contributed by atoms with Crippen LogP contribution in [0.25, 0.3) is 0 Å². The van der Waals surface area contributed by atoms with E-state index in [1.807, 2.05) is 55.5 Å². The number of hydrogen-bond acceptors (Lipinski definition) is 4. The summed E-state index contributed by atoms with van der Waals surface area (Å²) in [5.41, 5.74) is 1.98. The van der Waals surface area contributed by atoms with Gasteiger partial charge >= 0.3 is 0 Å². The quantitative estimate of drug-likeness (QED) is 0.852. The highest BCUT2D eigenvalue weighted by Gasteiger charge is 1.98. The second-order valence-electron chi connectivity index (χ2n) is 4.37. The van der Waals surface area contributed by atoms with Crippen molar-refractivity contribution in [2.75, 3.05) is 5.32 Å². The second-order valence-corrected chi connectivity index (χ2v) is 4.37. The number of hydrogen-bond donors (Lipinski definition) is 1. The average Bonchev–Trinajstić information content (AvgIpc) is 2.52. The summed E-state index contributed by atoms with van der Waals surface area (Å²) in [6.45, 7) is 2.02. The lowest BCUT2D eigenvalue weighted by atomic mass is 10.2. The molecular formula is C17H13N3O. The van der Waals surface area contributed by atoms with Crippen LogP contribution in [0, 0.1) is 29.6 Å². The van der Waals surface area contributed by atoms with Crippen LogP contribution in [0.2, 0.25) is 0 Å². The Kier molecular flexibility index (Phi) is 4.58. The van der Waals surface area contributed by atoms with Crippen molar-refractivity contribution in [1.82, 2.24) is 0 Å². The number of allylic oxidation sites excluding steroid dienone is 1. The van der Waals surface area contributed by atoms with Gasteiger partial charge in [0.1, 0.15) is 29.2 Å². The van der Waals surface area contributed by atoms with E-state index in [1.54, 1.807) is 12.1 Å². The number of anilines is 1. The van der Waals surface area contributed by atoms with Gasteiger partial charge < -0.3 is 10.1 Å². The second kappa shape index (κ2) is 6.79. The van der Waals surface area contributed by atoms with E-state index in [2.05, 4.69) is 5.32 Å². The van der Waals surface area contributed by atoms with E-state index in [1.165, 1.54) is 11.8 Å². The zero-order valence-corrected chi connectivity index (χ0v) is 11.5. The van der Waals surface area contributed by atoms with E-state index in [0.29, 0.717) is 5.75 Å². The molecule has 0 amide bonds. The van der Waals surface area contributed by atoms with Crippen LogP contribution in [-0.4, -0.2) is 0 Å². The first kappa shape index (κ1) is 14.2. The van der Waals surface area contributed by atoms with Crippen molar-refractivity contribution in [3.8, 4) is 23.6 Å². The van der Waals surface area contributed by atoms with E-state index < -0.39 is 0 Å². The predicted molar refractivity (Wildman–Crippen MR) is 80.6 cm³/mol. The number of nitrogens with zero attached hydrogens (tertiary/aromatic N) is 2. The molecule has 2 aromatic rings. The minimum atomic E-state index is 0.0231. The van der Waals surface area contributed by atoms with Gasteiger partial charge in [0.25, 0.3) is 0 Å². The summed E-state index contributed by atoms with van der Waals surface area (Å²) in [6.07, 6.45) is 1.37. The van der Waals surface area contributed by atoms with Crippen LogP contribution in [0.15, 0.2) is 60.3 Å². The summed E-state index contributed by atoms with van der Waals surface area (Å²) in [5, 5.41) is 20.1. The minimum Gasteiger partial charge on any atom is -0.457 e. The third-order valence-corrected chi connectivity index (χ3v) is 2.74. The summed E-state index contributed by atoms with van der Waals surface area (Å²) in [4.78, 5) is 0. The molecule has 0 saturated carbocycles. The molecule has 1 N–H and O–H groups in total. The Morgan fingerprint density at radius 3 is 2.00 bits per heavy atom. The Morgan fingerprint density at radius 2 is 1.48 bits per heavy atom. The van der Waals surface area contributed by atoms with Crippen molar-refractivity contribution < 1.29 is 4.74 Å². The zero-order valence-electron chi connectivity index (χ0n) is 11.5. The average molecular weight is 275 g/mol. The van der Waals surface area contributed by atoms with Crippen molar-refractivity contribution in [2.24, 2.45) is 0 Å². The maximum Gasteiger partial charge on any atom is 0.145 e. The first-order chi connectivity index (χ1) is 10.2. The summed E-state index contributed by atoms with van der Waals surface area (Å²) < 4.78 is 5.71. The van der Waals surface area contributed by atoms with Crippen molar-refractivity contribution in [2.45, 2.75) is 6.92 Å². The summed E-state index contributed by atoms with van der Waals surface area (Å²) in [6, 6.07) is 18.6. The number of rotatable bonds is 4. The monoisotopic (exact) mass is 275 g/mol. The van der Waals surface area contributed by atoms with Gasteiger partial charge in [0.2, 0.25) is 0 Å². The number of nitrogens with one attached hydrogen (secondary N) is 1. The molecule has 0 bridgehead atoms. The van der Waals surface area contributed by atoms with Gasteiger partial charge in [-0.15, -0.1) is 0 Å². The van der Waals surface area contributed by atoms with Gasteiger partial charge in [-0.3, -0.25) is 0 Å². The largest absolute Gasteiger partial charge is 0.457 e. The molecule has 21 heavy (non-hydrogen) atoms. The Morgan fingerprint density at radius 1 is 0.952 bits per heavy atom. The summed E-state index contributed by atoms with van der Waals surface area (Å²) in [5.74, 6) is 1.49. The number of nitriles is 2. The van der Waals surface area contributed by atoms with E-state index in [9.17, 15) is 0 Å². The Bertz CT molecular complexity index is 701. The van der Waals surface area contributed by atoms with Crippen LogP contribution in [0.4, 0.5) is 5.69 Å². The molecule has 0 atom stereocenters. The van der Waals surface area contributed by atoms with E-state index in [4.69, 9.17) is 15.3 Å². The fourth-order valence-corrected chi connectivity index (χ4v) is 1.61. The van der Waals surface area contributed by atoms with Crippen LogP contribution in [0.1, 0.15) is 5.56 Å². The van der Waals surface area contributed by atoms with Gasteiger partial charge in [0.15, 0.2) is 0 Å². The molecule has 4 heteroatoms. The molecule has 2 rings (SSSR count).